The Hall–Kier alpha value is -1.51. The molecule has 0 aliphatic rings. The SMILES string of the molecule is CC(=O)Oc1cccc(OC(C)(C)C)c1. The van der Waals surface area contributed by atoms with Gasteiger partial charge < -0.3 is 9.47 Å². The molecule has 0 aromatic heterocycles. The summed E-state index contributed by atoms with van der Waals surface area (Å²) in [5, 5.41) is 0. The average Bonchev–Trinajstić information content (AvgIpc) is 1.99. The topological polar surface area (TPSA) is 35.5 Å². The smallest absolute Gasteiger partial charge is 0.308 e. The zero-order valence-corrected chi connectivity index (χ0v) is 9.53. The molecule has 82 valence electrons. The Bertz CT molecular complexity index is 350. The first-order chi connectivity index (χ1) is 6.87. The molecule has 1 aromatic carbocycles. The standard InChI is InChI=1S/C12H16O3/c1-9(13)14-10-6-5-7-11(8-10)15-12(2,3)4/h5-8H,1-4H3. The molecule has 0 amide bonds. The minimum absolute atomic E-state index is 0.255. The number of hydrogen-bond donors (Lipinski definition) is 0. The molecule has 0 saturated carbocycles. The number of carbonyl (C=O) groups is 1. The van der Waals surface area contributed by atoms with Crippen molar-refractivity contribution in [3.63, 3.8) is 0 Å². The van der Waals surface area contributed by atoms with Gasteiger partial charge in [-0.1, -0.05) is 6.07 Å². The highest BCUT2D eigenvalue weighted by Crippen LogP contribution is 2.23. The van der Waals surface area contributed by atoms with Gasteiger partial charge in [-0.3, -0.25) is 4.79 Å². The maximum Gasteiger partial charge on any atom is 0.308 e. The number of esters is 1. The lowest BCUT2D eigenvalue weighted by atomic mass is 10.2. The van der Waals surface area contributed by atoms with E-state index in [-0.39, 0.29) is 11.6 Å². The molecule has 0 heterocycles. The van der Waals surface area contributed by atoms with Crippen LogP contribution >= 0.6 is 0 Å². The predicted molar refractivity (Wildman–Crippen MR) is 58.1 cm³/mol. The Morgan fingerprint density at radius 1 is 1.20 bits per heavy atom. The second-order valence-electron chi connectivity index (χ2n) is 4.28. The van der Waals surface area contributed by atoms with Crippen LogP contribution in [-0.4, -0.2) is 11.6 Å². The van der Waals surface area contributed by atoms with Crippen LogP contribution in [0.15, 0.2) is 24.3 Å². The van der Waals surface area contributed by atoms with Gasteiger partial charge in [-0.2, -0.15) is 0 Å². The van der Waals surface area contributed by atoms with Crippen LogP contribution in [0.2, 0.25) is 0 Å². The molecule has 0 N–H and O–H groups in total. The lowest BCUT2D eigenvalue weighted by Crippen LogP contribution is -2.22. The van der Waals surface area contributed by atoms with E-state index in [1.807, 2.05) is 26.8 Å². The summed E-state index contributed by atoms with van der Waals surface area (Å²) in [4.78, 5) is 10.7. The molecular formula is C12H16O3. The van der Waals surface area contributed by atoms with E-state index < -0.39 is 0 Å². The fourth-order valence-electron chi connectivity index (χ4n) is 1.12. The van der Waals surface area contributed by atoms with Gasteiger partial charge >= 0.3 is 5.97 Å². The van der Waals surface area contributed by atoms with Crippen molar-refractivity contribution in [2.45, 2.75) is 33.3 Å². The predicted octanol–water partition coefficient (Wildman–Crippen LogP) is 2.79. The van der Waals surface area contributed by atoms with Crippen molar-refractivity contribution in [2.24, 2.45) is 0 Å². The minimum Gasteiger partial charge on any atom is -0.488 e. The fourth-order valence-corrected chi connectivity index (χ4v) is 1.12. The summed E-state index contributed by atoms with van der Waals surface area (Å²) in [5.41, 5.74) is -0.255. The van der Waals surface area contributed by atoms with Gasteiger partial charge in [0.1, 0.15) is 17.1 Å². The van der Waals surface area contributed by atoms with Crippen LogP contribution in [-0.2, 0) is 4.79 Å². The Morgan fingerprint density at radius 2 is 1.80 bits per heavy atom. The molecule has 0 bridgehead atoms. The van der Waals surface area contributed by atoms with E-state index in [0.717, 1.165) is 0 Å². The molecule has 1 aromatic rings. The summed E-state index contributed by atoms with van der Waals surface area (Å²) in [5.74, 6) is 0.869. The number of benzene rings is 1. The van der Waals surface area contributed by atoms with Crippen molar-refractivity contribution < 1.29 is 14.3 Å². The first-order valence-electron chi connectivity index (χ1n) is 4.84. The van der Waals surface area contributed by atoms with E-state index in [1.165, 1.54) is 6.92 Å². The van der Waals surface area contributed by atoms with Gasteiger partial charge in [0.2, 0.25) is 0 Å². The molecule has 0 radical (unpaired) electrons. The number of ether oxygens (including phenoxy) is 2. The van der Waals surface area contributed by atoms with Crippen molar-refractivity contribution in [3.8, 4) is 11.5 Å². The third kappa shape index (κ3) is 4.49. The number of hydrogen-bond acceptors (Lipinski definition) is 3. The highest BCUT2D eigenvalue weighted by atomic mass is 16.5. The van der Waals surface area contributed by atoms with Crippen LogP contribution in [0.4, 0.5) is 0 Å². The van der Waals surface area contributed by atoms with Crippen LogP contribution in [0.1, 0.15) is 27.7 Å². The molecular weight excluding hydrogens is 192 g/mol. The summed E-state index contributed by atoms with van der Waals surface area (Å²) >= 11 is 0. The monoisotopic (exact) mass is 208 g/mol. The van der Waals surface area contributed by atoms with Crippen molar-refractivity contribution >= 4 is 5.97 Å². The molecule has 15 heavy (non-hydrogen) atoms. The van der Waals surface area contributed by atoms with Crippen molar-refractivity contribution in [1.29, 1.82) is 0 Å². The Labute approximate surface area is 90.0 Å². The van der Waals surface area contributed by atoms with Gasteiger partial charge in [-0.15, -0.1) is 0 Å². The molecule has 0 unspecified atom stereocenters. The lowest BCUT2D eigenvalue weighted by Gasteiger charge is -2.21. The molecule has 0 saturated heterocycles. The van der Waals surface area contributed by atoms with Gasteiger partial charge in [-0.05, 0) is 32.9 Å². The quantitative estimate of drug-likeness (QED) is 0.553. The molecule has 3 heteroatoms. The van der Waals surface area contributed by atoms with Gasteiger partial charge in [0.15, 0.2) is 0 Å². The second kappa shape index (κ2) is 4.34. The zero-order valence-electron chi connectivity index (χ0n) is 9.53. The lowest BCUT2D eigenvalue weighted by molar-refractivity contribution is -0.131. The minimum atomic E-state index is -0.331. The maximum absolute atomic E-state index is 10.7. The first kappa shape index (κ1) is 11.6. The molecule has 0 aliphatic carbocycles. The van der Waals surface area contributed by atoms with Crippen molar-refractivity contribution in [3.05, 3.63) is 24.3 Å². The van der Waals surface area contributed by atoms with E-state index in [0.29, 0.717) is 11.5 Å². The summed E-state index contributed by atoms with van der Waals surface area (Å²) in [7, 11) is 0. The van der Waals surface area contributed by atoms with Crippen LogP contribution in [0.25, 0.3) is 0 Å². The third-order valence-corrected chi connectivity index (χ3v) is 1.49. The number of rotatable bonds is 2. The largest absolute Gasteiger partial charge is 0.488 e. The summed E-state index contributed by atoms with van der Waals surface area (Å²) in [6.45, 7) is 7.26. The molecule has 0 spiro atoms. The van der Waals surface area contributed by atoms with Crippen molar-refractivity contribution in [2.75, 3.05) is 0 Å². The highest BCUT2D eigenvalue weighted by molar-refractivity contribution is 5.69. The normalized spacial score (nSPS) is 10.9. The van der Waals surface area contributed by atoms with E-state index in [9.17, 15) is 4.79 Å². The van der Waals surface area contributed by atoms with E-state index in [2.05, 4.69) is 0 Å². The number of carbonyl (C=O) groups excluding carboxylic acids is 1. The molecule has 0 atom stereocenters. The van der Waals surface area contributed by atoms with Crippen LogP contribution < -0.4 is 9.47 Å². The van der Waals surface area contributed by atoms with Crippen LogP contribution in [0.5, 0.6) is 11.5 Å². The second-order valence-corrected chi connectivity index (χ2v) is 4.28. The molecule has 0 fully saturated rings. The van der Waals surface area contributed by atoms with Gasteiger partial charge in [0.05, 0.1) is 0 Å². The Balaban J connectivity index is 2.79. The van der Waals surface area contributed by atoms with Gasteiger partial charge in [0.25, 0.3) is 0 Å². The summed E-state index contributed by atoms with van der Waals surface area (Å²) in [6.07, 6.45) is 0. The van der Waals surface area contributed by atoms with E-state index in [1.54, 1.807) is 18.2 Å². The van der Waals surface area contributed by atoms with E-state index >= 15 is 0 Å². The molecule has 0 aliphatic heterocycles. The average molecular weight is 208 g/mol. The summed E-state index contributed by atoms with van der Waals surface area (Å²) in [6, 6.07) is 7.04. The molecule has 3 nitrogen and oxygen atoms in total. The van der Waals surface area contributed by atoms with Crippen molar-refractivity contribution in [1.82, 2.24) is 0 Å². The third-order valence-electron chi connectivity index (χ3n) is 1.49. The fraction of sp³-hybridized carbons (Fsp3) is 0.417. The van der Waals surface area contributed by atoms with Gasteiger partial charge in [0, 0.05) is 13.0 Å². The Morgan fingerprint density at radius 3 is 2.33 bits per heavy atom. The maximum atomic E-state index is 10.7. The summed E-state index contributed by atoms with van der Waals surface area (Å²) < 4.78 is 10.6. The van der Waals surface area contributed by atoms with Crippen LogP contribution in [0, 0.1) is 0 Å². The molecule has 1 rings (SSSR count). The first-order valence-corrected chi connectivity index (χ1v) is 4.84. The van der Waals surface area contributed by atoms with E-state index in [4.69, 9.17) is 9.47 Å². The van der Waals surface area contributed by atoms with Crippen LogP contribution in [0.3, 0.4) is 0 Å². The Kier molecular flexibility index (Phi) is 3.35. The van der Waals surface area contributed by atoms with Gasteiger partial charge in [-0.25, -0.2) is 0 Å². The highest BCUT2D eigenvalue weighted by Gasteiger charge is 2.12. The zero-order chi connectivity index (χ0) is 11.5.